The van der Waals surface area contributed by atoms with Gasteiger partial charge in [-0.1, -0.05) is 0 Å². The molecule has 0 radical (unpaired) electrons. The van der Waals surface area contributed by atoms with E-state index in [1.807, 2.05) is 25.1 Å². The highest BCUT2D eigenvalue weighted by atomic mass is 16.3. The van der Waals surface area contributed by atoms with Crippen molar-refractivity contribution in [2.75, 3.05) is 19.0 Å². The van der Waals surface area contributed by atoms with Gasteiger partial charge in [-0.2, -0.15) is 9.78 Å². The van der Waals surface area contributed by atoms with E-state index in [2.05, 4.69) is 15.3 Å². The van der Waals surface area contributed by atoms with Crippen LogP contribution in [-0.4, -0.2) is 24.3 Å². The van der Waals surface area contributed by atoms with Gasteiger partial charge in [0.15, 0.2) is 5.69 Å². The zero-order chi connectivity index (χ0) is 14.7. The van der Waals surface area contributed by atoms with Crippen molar-refractivity contribution in [2.24, 2.45) is 17.3 Å². The molecular weight excluding hydrogens is 258 g/mol. The molecule has 0 atom stereocenters. The maximum Gasteiger partial charge on any atom is 0.368 e. The van der Waals surface area contributed by atoms with E-state index in [1.165, 1.54) is 10.7 Å². The Kier molecular flexibility index (Phi) is 3.79. The van der Waals surface area contributed by atoms with Gasteiger partial charge in [0, 0.05) is 38.0 Å². The van der Waals surface area contributed by atoms with Gasteiger partial charge in [-0.05, 0) is 17.2 Å². The molecule has 1 heterocycles. The van der Waals surface area contributed by atoms with Crippen molar-refractivity contribution in [1.82, 2.24) is 5.10 Å². The van der Waals surface area contributed by atoms with Gasteiger partial charge < -0.3 is 10.0 Å². The Morgan fingerprint density at radius 1 is 1.20 bits per heavy atom. The quantitative estimate of drug-likeness (QED) is 0.655. The summed E-state index contributed by atoms with van der Waals surface area (Å²) in [6, 6.07) is 8.04. The minimum absolute atomic E-state index is 0.0482. The van der Waals surface area contributed by atoms with Crippen LogP contribution in [0.4, 0.5) is 17.2 Å². The summed E-state index contributed by atoms with van der Waals surface area (Å²) in [7, 11) is 5.43. The van der Waals surface area contributed by atoms with Crippen molar-refractivity contribution in [2.45, 2.75) is 0 Å². The molecule has 0 bridgehead atoms. The molecule has 7 nitrogen and oxygen atoms in total. The molecule has 0 unspecified atom stereocenters. The number of aromatic hydroxyl groups is 1. The molecule has 2 aromatic rings. The maximum absolute atomic E-state index is 11.1. The summed E-state index contributed by atoms with van der Waals surface area (Å²) >= 11 is 0. The first kappa shape index (κ1) is 13.7. The van der Waals surface area contributed by atoms with Crippen LogP contribution in [0.3, 0.4) is 0 Å². The fourth-order valence-corrected chi connectivity index (χ4v) is 1.60. The van der Waals surface area contributed by atoms with Crippen molar-refractivity contribution in [3.63, 3.8) is 0 Å². The summed E-state index contributed by atoms with van der Waals surface area (Å²) in [6.45, 7) is 0. The number of rotatable bonds is 3. The number of nitrogens with one attached hydrogen (secondary N) is 1. The lowest BCUT2D eigenvalue weighted by Crippen LogP contribution is -2.38. The average molecular weight is 274 g/mol. The van der Waals surface area contributed by atoms with E-state index in [9.17, 15) is 9.90 Å². The van der Waals surface area contributed by atoms with E-state index in [4.69, 9.17) is 0 Å². The Hall–Kier alpha value is -2.70. The lowest BCUT2D eigenvalue weighted by atomic mass is 10.2. The predicted molar refractivity (Wildman–Crippen MR) is 74.8 cm³/mol. The van der Waals surface area contributed by atoms with Crippen molar-refractivity contribution in [3.05, 3.63) is 40.7 Å². The molecule has 0 spiro atoms. The van der Waals surface area contributed by atoms with Gasteiger partial charge in [0.2, 0.25) is 0 Å². The third-order valence-corrected chi connectivity index (χ3v) is 2.74. The van der Waals surface area contributed by atoms with Gasteiger partial charge in [0.1, 0.15) is 12.8 Å². The summed E-state index contributed by atoms with van der Waals surface area (Å²) in [4.78, 5) is 13.0. The number of phenolic OH excluding ortho intramolecular Hbond substituents is 1. The van der Waals surface area contributed by atoms with Gasteiger partial charge in [0.25, 0.3) is 5.56 Å². The van der Waals surface area contributed by atoms with Crippen molar-refractivity contribution in [1.29, 1.82) is 0 Å². The van der Waals surface area contributed by atoms with E-state index in [0.29, 0.717) is 11.5 Å². The first-order valence-electron chi connectivity index (χ1n) is 5.99. The van der Waals surface area contributed by atoms with Crippen LogP contribution in [0.5, 0.6) is 5.75 Å². The molecule has 7 heteroatoms. The third kappa shape index (κ3) is 3.00. The molecule has 0 fully saturated rings. The lowest BCUT2D eigenvalue weighted by Gasteiger charge is -2.12. The number of aryl methyl sites for hydroxylation is 1. The Morgan fingerprint density at radius 2 is 1.95 bits per heavy atom. The topological polar surface area (TPSA) is 84.9 Å². The zero-order valence-corrected chi connectivity index (χ0v) is 11.5. The number of anilines is 1. The van der Waals surface area contributed by atoms with Crippen LogP contribution in [0.2, 0.25) is 0 Å². The van der Waals surface area contributed by atoms with E-state index >= 15 is 0 Å². The molecule has 0 aliphatic rings. The summed E-state index contributed by atoms with van der Waals surface area (Å²) in [5.74, 6) is 0.521. The summed E-state index contributed by atoms with van der Waals surface area (Å²) in [5, 5.41) is 20.4. The molecule has 0 aliphatic carbocycles. The minimum Gasteiger partial charge on any atom is -0.505 e. The Morgan fingerprint density at radius 3 is 2.55 bits per heavy atom. The number of benzene rings is 1. The van der Waals surface area contributed by atoms with Gasteiger partial charge in [0.05, 0.1) is 5.11 Å². The highest BCUT2D eigenvalue weighted by Crippen LogP contribution is 2.31. The fourth-order valence-electron chi connectivity index (χ4n) is 1.60. The second-order valence-corrected chi connectivity index (χ2v) is 4.49. The average Bonchev–Trinajstić information content (AvgIpc) is 2.38. The van der Waals surface area contributed by atoms with Gasteiger partial charge in [-0.25, -0.2) is 0 Å². The van der Waals surface area contributed by atoms with Crippen LogP contribution < -0.4 is 15.1 Å². The molecule has 0 saturated carbocycles. The number of H-pyrrole nitrogens is 1. The molecule has 104 valence electrons. The van der Waals surface area contributed by atoms with E-state index in [0.717, 1.165) is 5.69 Å². The fraction of sp³-hybridized carbons (Fsp3) is 0.231. The van der Waals surface area contributed by atoms with Crippen molar-refractivity contribution < 1.29 is 9.79 Å². The first-order valence-corrected chi connectivity index (χ1v) is 5.99. The molecule has 0 amide bonds. The van der Waals surface area contributed by atoms with Crippen molar-refractivity contribution >= 4 is 17.2 Å². The number of aromatic nitrogens is 2. The highest BCUT2D eigenvalue weighted by Gasteiger charge is 2.09. The minimum atomic E-state index is -0.218. The monoisotopic (exact) mass is 274 g/mol. The zero-order valence-electron chi connectivity index (χ0n) is 11.5. The Labute approximate surface area is 115 Å². The van der Waals surface area contributed by atoms with Gasteiger partial charge >= 0.3 is 5.82 Å². The van der Waals surface area contributed by atoms with Crippen LogP contribution in [0.25, 0.3) is 0 Å². The molecule has 0 aliphatic heterocycles. The number of nitrogens with zero attached hydrogens (tertiary/aromatic N) is 4. The molecule has 1 aromatic carbocycles. The van der Waals surface area contributed by atoms with E-state index in [1.54, 1.807) is 25.2 Å². The SMILES string of the molecule is CN(C)c1ccc(N=Nc2ccc(=O)[nH][n+]2C)c(O)c1. The highest BCUT2D eigenvalue weighted by molar-refractivity contribution is 5.60. The maximum atomic E-state index is 11.1. The third-order valence-electron chi connectivity index (χ3n) is 2.74. The van der Waals surface area contributed by atoms with Crippen LogP contribution in [0.1, 0.15) is 0 Å². The van der Waals surface area contributed by atoms with E-state index < -0.39 is 0 Å². The summed E-state index contributed by atoms with van der Waals surface area (Å²) < 4.78 is 1.46. The van der Waals surface area contributed by atoms with Gasteiger partial charge in [-0.15, -0.1) is 0 Å². The summed E-state index contributed by atoms with van der Waals surface area (Å²) in [6.07, 6.45) is 0. The normalized spacial score (nSPS) is 10.9. The van der Waals surface area contributed by atoms with Crippen LogP contribution in [0, 0.1) is 0 Å². The van der Waals surface area contributed by atoms with Crippen LogP contribution >= 0.6 is 0 Å². The standard InChI is InChI=1S/C13H15N5O2/c1-17(2)9-4-5-10(11(19)8-9)14-15-12-6-7-13(20)16-18(12)3/h4-8H,1-3H3,(H,16,20)/p+1. The molecular formula is C13H16N5O2+. The first-order chi connectivity index (χ1) is 9.47. The molecule has 2 rings (SSSR count). The molecule has 0 saturated heterocycles. The lowest BCUT2D eigenvalue weighted by molar-refractivity contribution is -0.719. The Balaban J connectivity index is 2.29. The Bertz CT molecular complexity index is 706. The molecule has 20 heavy (non-hydrogen) atoms. The number of azo groups is 1. The smallest absolute Gasteiger partial charge is 0.368 e. The second-order valence-electron chi connectivity index (χ2n) is 4.49. The summed E-state index contributed by atoms with van der Waals surface area (Å²) in [5.41, 5.74) is 1.02. The number of phenols is 1. The molecule has 2 N–H and O–H groups in total. The number of hydrogen-bond donors (Lipinski definition) is 2. The van der Waals surface area contributed by atoms with Crippen LogP contribution in [0.15, 0.2) is 45.4 Å². The second kappa shape index (κ2) is 5.52. The number of hydrogen-bond acceptors (Lipinski definition) is 5. The van der Waals surface area contributed by atoms with Gasteiger partial charge in [-0.3, -0.25) is 4.79 Å². The number of aromatic amines is 1. The van der Waals surface area contributed by atoms with E-state index in [-0.39, 0.29) is 11.3 Å². The predicted octanol–water partition coefficient (Wildman–Crippen LogP) is 1.39. The molecule has 1 aromatic heterocycles. The van der Waals surface area contributed by atoms with Crippen molar-refractivity contribution in [3.8, 4) is 5.75 Å². The largest absolute Gasteiger partial charge is 0.505 e. The van der Waals surface area contributed by atoms with Crippen LogP contribution in [-0.2, 0) is 7.05 Å².